The van der Waals surface area contributed by atoms with E-state index in [0.717, 1.165) is 45.2 Å². The molecule has 1 unspecified atom stereocenters. The van der Waals surface area contributed by atoms with Crippen molar-refractivity contribution in [1.29, 1.82) is 0 Å². The predicted molar refractivity (Wildman–Crippen MR) is 124 cm³/mol. The zero-order valence-electron chi connectivity index (χ0n) is 19.3. The Hall–Kier alpha value is -0.230. The highest BCUT2D eigenvalue weighted by atomic mass is 35.5. The molecule has 0 aromatic rings. The van der Waals surface area contributed by atoms with E-state index in [1.807, 2.05) is 0 Å². The maximum atomic E-state index is 11.0. The summed E-state index contributed by atoms with van der Waals surface area (Å²) >= 11 is 0. The molecule has 0 aromatic heterocycles. The fourth-order valence-electron chi connectivity index (χ4n) is 3.77. The molecule has 0 spiro atoms. The Morgan fingerprint density at radius 1 is 0.714 bits per heavy atom. The van der Waals surface area contributed by atoms with Crippen LogP contribution in [-0.4, -0.2) is 64.4 Å². The standard InChI is InChI=1S/C21H44N2O3.2ClH/c1-16(2)22(17(3)4)14-11-9-10-12-20(26-21(24)25)13-15-23(18(5)6)19(7)8;;/h16-20H,9-15H2,1-8H3,(H,24,25);2*1H. The van der Waals surface area contributed by atoms with Crippen LogP contribution in [0.1, 0.15) is 87.5 Å². The van der Waals surface area contributed by atoms with Gasteiger partial charge in [-0.1, -0.05) is 6.42 Å². The number of ether oxygens (including phenoxy) is 1. The number of unbranched alkanes of at least 4 members (excludes halogenated alkanes) is 2. The minimum absolute atomic E-state index is 0. The van der Waals surface area contributed by atoms with Gasteiger partial charge < -0.3 is 9.84 Å². The molecule has 0 heterocycles. The molecule has 5 nitrogen and oxygen atoms in total. The average Bonchev–Trinajstić information content (AvgIpc) is 2.48. The van der Waals surface area contributed by atoms with E-state index in [1.54, 1.807) is 0 Å². The van der Waals surface area contributed by atoms with E-state index in [9.17, 15) is 4.79 Å². The van der Waals surface area contributed by atoms with Crippen LogP contribution in [0.5, 0.6) is 0 Å². The summed E-state index contributed by atoms with van der Waals surface area (Å²) in [5.41, 5.74) is 0. The molecule has 0 fully saturated rings. The number of halogens is 2. The second-order valence-electron chi connectivity index (χ2n) is 8.49. The molecule has 7 heteroatoms. The molecule has 0 aliphatic carbocycles. The third-order valence-electron chi connectivity index (χ3n) is 5.07. The summed E-state index contributed by atoms with van der Waals surface area (Å²) in [5.74, 6) is 0. The minimum atomic E-state index is -1.15. The van der Waals surface area contributed by atoms with Gasteiger partial charge in [0.2, 0.25) is 0 Å². The first-order valence-corrected chi connectivity index (χ1v) is 10.5. The molecular weight excluding hydrogens is 399 g/mol. The molecule has 0 rings (SSSR count). The molecule has 1 atom stereocenters. The third kappa shape index (κ3) is 14.7. The molecular formula is C21H46Cl2N2O3. The zero-order valence-corrected chi connectivity index (χ0v) is 20.9. The van der Waals surface area contributed by atoms with Crippen LogP contribution >= 0.6 is 24.8 Å². The summed E-state index contributed by atoms with van der Waals surface area (Å²) in [6, 6.07) is 2.05. The fraction of sp³-hybridized carbons (Fsp3) is 0.952. The van der Waals surface area contributed by atoms with E-state index in [0.29, 0.717) is 24.2 Å². The van der Waals surface area contributed by atoms with Gasteiger partial charge in [0.05, 0.1) is 0 Å². The first kappa shape index (κ1) is 32.4. The normalized spacial score (nSPS) is 12.6. The van der Waals surface area contributed by atoms with E-state index in [1.165, 1.54) is 0 Å². The van der Waals surface area contributed by atoms with Crippen molar-refractivity contribution in [1.82, 2.24) is 9.80 Å². The Bertz CT molecular complexity index is 365. The molecule has 0 bridgehead atoms. The van der Waals surface area contributed by atoms with Crippen LogP contribution in [0.2, 0.25) is 0 Å². The third-order valence-corrected chi connectivity index (χ3v) is 5.07. The van der Waals surface area contributed by atoms with Gasteiger partial charge in [0.15, 0.2) is 0 Å². The second-order valence-corrected chi connectivity index (χ2v) is 8.49. The van der Waals surface area contributed by atoms with Crippen molar-refractivity contribution in [3.05, 3.63) is 0 Å². The Morgan fingerprint density at radius 2 is 1.14 bits per heavy atom. The molecule has 0 aliphatic rings. The van der Waals surface area contributed by atoms with Gasteiger partial charge in [-0.15, -0.1) is 24.8 Å². The summed E-state index contributed by atoms with van der Waals surface area (Å²) in [5, 5.41) is 9.02. The summed E-state index contributed by atoms with van der Waals surface area (Å²) in [6.45, 7) is 19.7. The van der Waals surface area contributed by atoms with Crippen molar-refractivity contribution in [2.75, 3.05) is 13.1 Å². The number of carboxylic acid groups (broad SMARTS) is 1. The van der Waals surface area contributed by atoms with Crippen molar-refractivity contribution < 1.29 is 14.6 Å². The van der Waals surface area contributed by atoms with E-state index in [-0.39, 0.29) is 30.9 Å². The second kappa shape index (κ2) is 17.6. The smallest absolute Gasteiger partial charge is 0.450 e. The highest BCUT2D eigenvalue weighted by molar-refractivity contribution is 5.85. The summed E-state index contributed by atoms with van der Waals surface area (Å²) in [6.07, 6.45) is 3.53. The minimum Gasteiger partial charge on any atom is -0.450 e. The Balaban J connectivity index is -0.00000312. The monoisotopic (exact) mass is 444 g/mol. The van der Waals surface area contributed by atoms with Crippen molar-refractivity contribution >= 4 is 31.0 Å². The lowest BCUT2D eigenvalue weighted by molar-refractivity contribution is 0.0343. The summed E-state index contributed by atoms with van der Waals surface area (Å²) < 4.78 is 5.14. The van der Waals surface area contributed by atoms with Crippen LogP contribution in [-0.2, 0) is 4.74 Å². The highest BCUT2D eigenvalue weighted by Gasteiger charge is 2.19. The Kier molecular flexibility index (Phi) is 20.4. The van der Waals surface area contributed by atoms with Crippen LogP contribution in [0.4, 0.5) is 4.79 Å². The van der Waals surface area contributed by atoms with Gasteiger partial charge in [0.25, 0.3) is 0 Å². The van der Waals surface area contributed by atoms with E-state index < -0.39 is 6.16 Å². The van der Waals surface area contributed by atoms with Crippen LogP contribution in [0.25, 0.3) is 0 Å². The lowest BCUT2D eigenvalue weighted by atomic mass is 10.1. The molecule has 0 aliphatic heterocycles. The van der Waals surface area contributed by atoms with Crippen molar-refractivity contribution in [2.24, 2.45) is 0 Å². The van der Waals surface area contributed by atoms with E-state index >= 15 is 0 Å². The summed E-state index contributed by atoms with van der Waals surface area (Å²) in [4.78, 5) is 15.9. The molecule has 0 amide bonds. The number of nitrogens with zero attached hydrogens (tertiary/aromatic N) is 2. The first-order chi connectivity index (χ1) is 12.1. The van der Waals surface area contributed by atoms with Crippen LogP contribution in [0, 0.1) is 0 Å². The number of hydrogen-bond acceptors (Lipinski definition) is 4. The molecule has 0 radical (unpaired) electrons. The van der Waals surface area contributed by atoms with E-state index in [2.05, 4.69) is 65.2 Å². The van der Waals surface area contributed by atoms with Gasteiger partial charge in [-0.2, -0.15) is 0 Å². The lowest BCUT2D eigenvalue weighted by Gasteiger charge is -2.31. The average molecular weight is 446 g/mol. The predicted octanol–water partition coefficient (Wildman–Crippen LogP) is 6.08. The SMILES string of the molecule is CC(C)N(CCCCCC(CCN(C(C)C)C(C)C)OC(=O)O)C(C)C.Cl.Cl. The fourth-order valence-corrected chi connectivity index (χ4v) is 3.77. The largest absolute Gasteiger partial charge is 0.506 e. The van der Waals surface area contributed by atoms with Gasteiger partial charge in [0, 0.05) is 30.7 Å². The number of carbonyl (C=O) groups is 1. The maximum Gasteiger partial charge on any atom is 0.506 e. The maximum absolute atomic E-state index is 11.0. The lowest BCUT2D eigenvalue weighted by Crippen LogP contribution is -2.39. The Labute approximate surface area is 186 Å². The molecule has 1 N–H and O–H groups in total. The molecule has 28 heavy (non-hydrogen) atoms. The van der Waals surface area contributed by atoms with Gasteiger partial charge in [-0.3, -0.25) is 9.80 Å². The van der Waals surface area contributed by atoms with Crippen molar-refractivity contribution in [3.63, 3.8) is 0 Å². The molecule has 0 saturated heterocycles. The van der Waals surface area contributed by atoms with Crippen LogP contribution < -0.4 is 0 Å². The highest BCUT2D eigenvalue weighted by Crippen LogP contribution is 2.15. The number of rotatable bonds is 14. The quantitative estimate of drug-likeness (QED) is 0.259. The van der Waals surface area contributed by atoms with Gasteiger partial charge in [-0.05, 0) is 87.6 Å². The van der Waals surface area contributed by atoms with Crippen molar-refractivity contribution in [3.8, 4) is 0 Å². The van der Waals surface area contributed by atoms with Crippen molar-refractivity contribution in [2.45, 2.75) is 118 Å². The summed E-state index contributed by atoms with van der Waals surface area (Å²) in [7, 11) is 0. The molecule has 0 aromatic carbocycles. The van der Waals surface area contributed by atoms with Gasteiger partial charge >= 0.3 is 6.16 Å². The van der Waals surface area contributed by atoms with Gasteiger partial charge in [-0.25, -0.2) is 4.79 Å². The number of hydrogen-bond donors (Lipinski definition) is 1. The van der Waals surface area contributed by atoms with Gasteiger partial charge in [0.1, 0.15) is 6.10 Å². The van der Waals surface area contributed by atoms with Crippen LogP contribution in [0.15, 0.2) is 0 Å². The van der Waals surface area contributed by atoms with Crippen LogP contribution in [0.3, 0.4) is 0 Å². The molecule has 0 saturated carbocycles. The first-order valence-electron chi connectivity index (χ1n) is 10.5. The topological polar surface area (TPSA) is 53.0 Å². The molecule has 172 valence electrons. The zero-order chi connectivity index (χ0) is 20.3. The van der Waals surface area contributed by atoms with E-state index in [4.69, 9.17) is 9.84 Å². The Morgan fingerprint density at radius 3 is 1.54 bits per heavy atom.